The van der Waals surface area contributed by atoms with Crippen molar-refractivity contribution < 1.29 is 18.3 Å². The summed E-state index contributed by atoms with van der Waals surface area (Å²) in [6.45, 7) is 0. The van der Waals surface area contributed by atoms with Crippen molar-refractivity contribution in [2.24, 2.45) is 0 Å². The van der Waals surface area contributed by atoms with Gasteiger partial charge in [0.15, 0.2) is 6.29 Å². The monoisotopic (exact) mass is 212 g/mol. The van der Waals surface area contributed by atoms with Gasteiger partial charge in [0, 0.05) is 6.07 Å². The van der Waals surface area contributed by atoms with E-state index >= 15 is 0 Å². The van der Waals surface area contributed by atoms with E-state index < -0.39 is 12.1 Å². The number of rotatable bonds is 3. The smallest absolute Gasteiger partial charge is 0.280 e. The van der Waals surface area contributed by atoms with Gasteiger partial charge in [0.25, 0.3) is 6.43 Å². The number of hydrogen-bond donors (Lipinski definition) is 0. The Kier molecular flexibility index (Phi) is 3.29. The highest BCUT2D eigenvalue weighted by atomic mass is 19.3. The molecule has 0 saturated heterocycles. The summed E-state index contributed by atoms with van der Waals surface area (Å²) in [5.74, 6) is -0.0788. The topological polar surface area (TPSA) is 63.0 Å². The zero-order valence-electron chi connectivity index (χ0n) is 7.70. The van der Waals surface area contributed by atoms with E-state index in [0.29, 0.717) is 0 Å². The molecule has 0 aliphatic carbocycles. The van der Waals surface area contributed by atoms with Crippen LogP contribution in [0.3, 0.4) is 0 Å². The maximum Gasteiger partial charge on any atom is 0.280 e. The summed E-state index contributed by atoms with van der Waals surface area (Å²) in [5, 5.41) is 8.67. The lowest BCUT2D eigenvalue weighted by Crippen LogP contribution is -2.02. The molecule has 78 valence electrons. The van der Waals surface area contributed by atoms with Gasteiger partial charge in [-0.2, -0.15) is 5.26 Å². The van der Waals surface area contributed by atoms with E-state index in [1.165, 1.54) is 7.11 Å². The Balaban J connectivity index is 3.44. The number of pyridine rings is 1. The molecule has 0 radical (unpaired) electrons. The molecule has 0 unspecified atom stereocenters. The van der Waals surface area contributed by atoms with Crippen molar-refractivity contribution in [1.29, 1.82) is 5.26 Å². The molecule has 0 N–H and O–H groups in total. The van der Waals surface area contributed by atoms with E-state index in [4.69, 9.17) is 10.00 Å². The van der Waals surface area contributed by atoms with Crippen LogP contribution in [0.25, 0.3) is 0 Å². The Bertz CT molecular complexity index is 427. The highest BCUT2D eigenvalue weighted by Gasteiger charge is 2.17. The zero-order valence-corrected chi connectivity index (χ0v) is 7.70. The third-order valence-electron chi connectivity index (χ3n) is 1.70. The molecular weight excluding hydrogens is 206 g/mol. The summed E-state index contributed by atoms with van der Waals surface area (Å²) in [5.41, 5.74) is -1.07. The lowest BCUT2D eigenvalue weighted by molar-refractivity contribution is 0.111. The van der Waals surface area contributed by atoms with Gasteiger partial charge in [-0.15, -0.1) is 0 Å². The number of methoxy groups -OCH3 is 1. The van der Waals surface area contributed by atoms with Crippen LogP contribution in [0.4, 0.5) is 8.78 Å². The van der Waals surface area contributed by atoms with Crippen LogP contribution in [0.5, 0.6) is 5.75 Å². The Labute approximate surface area is 84.1 Å². The largest absolute Gasteiger partial charge is 0.495 e. The minimum Gasteiger partial charge on any atom is -0.495 e. The lowest BCUT2D eigenvalue weighted by atomic mass is 10.1. The highest BCUT2D eigenvalue weighted by Crippen LogP contribution is 2.25. The van der Waals surface area contributed by atoms with E-state index in [-0.39, 0.29) is 23.3 Å². The van der Waals surface area contributed by atoms with Crippen molar-refractivity contribution in [1.82, 2.24) is 4.98 Å². The predicted octanol–water partition coefficient (Wildman–Crippen LogP) is 1.71. The number of halogens is 2. The van der Waals surface area contributed by atoms with Crippen LogP contribution in [0, 0.1) is 11.3 Å². The first-order valence-electron chi connectivity index (χ1n) is 3.86. The standard InChI is InChI=1S/C9H6F2N2O2/c1-15-8-2-6(9(10)11)13-7(4-14)5(8)3-12/h2,4,9H,1H3. The van der Waals surface area contributed by atoms with Gasteiger partial charge in [-0.05, 0) is 0 Å². The molecule has 0 amide bonds. The van der Waals surface area contributed by atoms with E-state index in [1.54, 1.807) is 6.07 Å². The molecule has 1 aromatic heterocycles. The molecule has 0 spiro atoms. The molecular formula is C9H6F2N2O2. The van der Waals surface area contributed by atoms with Gasteiger partial charge < -0.3 is 4.74 Å². The molecule has 4 nitrogen and oxygen atoms in total. The third-order valence-corrected chi connectivity index (χ3v) is 1.70. The molecule has 1 rings (SSSR count). The fourth-order valence-electron chi connectivity index (χ4n) is 1.03. The minimum atomic E-state index is -2.81. The van der Waals surface area contributed by atoms with E-state index in [0.717, 1.165) is 6.07 Å². The molecule has 0 aliphatic rings. The fraction of sp³-hybridized carbons (Fsp3) is 0.222. The molecule has 0 fully saturated rings. The SMILES string of the molecule is COc1cc(C(F)F)nc(C=O)c1C#N. The Morgan fingerprint density at radius 2 is 2.33 bits per heavy atom. The Morgan fingerprint density at radius 1 is 1.67 bits per heavy atom. The second-order valence-electron chi connectivity index (χ2n) is 2.54. The van der Waals surface area contributed by atoms with Gasteiger partial charge in [-0.3, -0.25) is 4.79 Å². The molecule has 0 aliphatic heterocycles. The molecule has 15 heavy (non-hydrogen) atoms. The number of carbonyl (C=O) groups excluding carboxylic acids is 1. The summed E-state index contributed by atoms with van der Waals surface area (Å²) in [6.07, 6.45) is -2.57. The predicted molar refractivity (Wildman–Crippen MR) is 45.8 cm³/mol. The highest BCUT2D eigenvalue weighted by molar-refractivity contribution is 5.78. The van der Waals surface area contributed by atoms with E-state index in [1.807, 2.05) is 0 Å². The maximum absolute atomic E-state index is 12.3. The van der Waals surface area contributed by atoms with Gasteiger partial charge in [0.05, 0.1) is 7.11 Å². The first-order valence-corrected chi connectivity index (χ1v) is 3.86. The van der Waals surface area contributed by atoms with Gasteiger partial charge in [0.2, 0.25) is 0 Å². The summed E-state index contributed by atoms with van der Waals surface area (Å²) in [6, 6.07) is 2.61. The summed E-state index contributed by atoms with van der Waals surface area (Å²) in [7, 11) is 1.22. The molecule has 0 atom stereocenters. The van der Waals surface area contributed by atoms with Crippen molar-refractivity contribution >= 4 is 6.29 Å². The average molecular weight is 212 g/mol. The molecule has 1 aromatic rings. The first-order chi connectivity index (χ1) is 7.13. The second-order valence-corrected chi connectivity index (χ2v) is 2.54. The molecule has 1 heterocycles. The number of hydrogen-bond acceptors (Lipinski definition) is 4. The van der Waals surface area contributed by atoms with Gasteiger partial charge in [-0.1, -0.05) is 0 Å². The van der Waals surface area contributed by atoms with Crippen LogP contribution in [0.2, 0.25) is 0 Å². The zero-order chi connectivity index (χ0) is 11.4. The van der Waals surface area contributed by atoms with Gasteiger partial charge in [0.1, 0.15) is 28.8 Å². The fourth-order valence-corrected chi connectivity index (χ4v) is 1.03. The molecule has 0 bridgehead atoms. The number of nitriles is 1. The van der Waals surface area contributed by atoms with Crippen LogP contribution in [0.15, 0.2) is 6.07 Å². The maximum atomic E-state index is 12.3. The second kappa shape index (κ2) is 4.46. The lowest BCUT2D eigenvalue weighted by Gasteiger charge is -2.06. The average Bonchev–Trinajstić information content (AvgIpc) is 2.26. The molecule has 0 aromatic carbocycles. The molecule has 6 heteroatoms. The summed E-state index contributed by atoms with van der Waals surface area (Å²) in [4.78, 5) is 13.9. The van der Waals surface area contributed by atoms with Crippen LogP contribution in [-0.2, 0) is 0 Å². The molecule has 0 saturated carbocycles. The number of nitrogens with zero attached hydrogens (tertiary/aromatic N) is 2. The quantitative estimate of drug-likeness (QED) is 0.715. The van der Waals surface area contributed by atoms with E-state index in [2.05, 4.69) is 4.98 Å². The van der Waals surface area contributed by atoms with Crippen LogP contribution in [0.1, 0.15) is 28.2 Å². The minimum absolute atomic E-state index is 0.0788. The third kappa shape index (κ3) is 2.07. The number of ether oxygens (including phenoxy) is 1. The van der Waals surface area contributed by atoms with Crippen molar-refractivity contribution in [3.05, 3.63) is 23.0 Å². The summed E-state index contributed by atoms with van der Waals surface area (Å²) >= 11 is 0. The Hall–Kier alpha value is -2.03. The summed E-state index contributed by atoms with van der Waals surface area (Å²) < 4.78 is 29.4. The Morgan fingerprint density at radius 3 is 2.73 bits per heavy atom. The number of alkyl halides is 2. The van der Waals surface area contributed by atoms with Crippen LogP contribution < -0.4 is 4.74 Å². The van der Waals surface area contributed by atoms with Gasteiger partial charge in [-0.25, -0.2) is 13.8 Å². The number of aldehydes is 1. The normalized spacial score (nSPS) is 9.80. The number of aromatic nitrogens is 1. The van der Waals surface area contributed by atoms with E-state index in [9.17, 15) is 13.6 Å². The van der Waals surface area contributed by atoms with Crippen molar-refractivity contribution in [3.63, 3.8) is 0 Å². The van der Waals surface area contributed by atoms with Crippen molar-refractivity contribution in [2.45, 2.75) is 6.43 Å². The van der Waals surface area contributed by atoms with Crippen molar-refractivity contribution in [3.8, 4) is 11.8 Å². The van der Waals surface area contributed by atoms with Crippen molar-refractivity contribution in [2.75, 3.05) is 7.11 Å². The van der Waals surface area contributed by atoms with Crippen LogP contribution in [-0.4, -0.2) is 18.4 Å². The number of carbonyl (C=O) groups is 1. The van der Waals surface area contributed by atoms with Gasteiger partial charge >= 0.3 is 0 Å². The first kappa shape index (κ1) is 11.0. The van der Waals surface area contributed by atoms with Crippen LogP contribution >= 0.6 is 0 Å².